The first-order chi connectivity index (χ1) is 18.5. The Hall–Kier alpha value is -3.20. The quantitative estimate of drug-likeness (QED) is 0.252. The maximum absolute atomic E-state index is 14.7. The molecule has 0 aliphatic carbocycles. The molecule has 1 saturated heterocycles. The Balaban J connectivity index is 1.36. The number of benzene rings is 2. The fourth-order valence-electron chi connectivity index (χ4n) is 6.34. The maximum Gasteiger partial charge on any atom is 0.323 e. The van der Waals surface area contributed by atoms with Crippen molar-refractivity contribution >= 4 is 28.5 Å². The van der Waals surface area contributed by atoms with Crippen LogP contribution < -0.4 is 5.32 Å². The first kappa shape index (κ1) is 25.1. The molecule has 0 unspecified atom stereocenters. The number of hydrogen-bond donors (Lipinski definition) is 2. The molecule has 7 nitrogen and oxygen atoms in total. The molecule has 2 aromatic heterocycles. The fourth-order valence-corrected chi connectivity index (χ4v) is 6.46. The highest BCUT2D eigenvalue weighted by molar-refractivity contribution is 6.30. The van der Waals surface area contributed by atoms with Crippen molar-refractivity contribution in [3.05, 3.63) is 88.8 Å². The normalized spacial score (nSPS) is 23.2. The summed E-state index contributed by atoms with van der Waals surface area (Å²) in [6.07, 6.45) is 8.66. The summed E-state index contributed by atoms with van der Waals surface area (Å²) in [4.78, 5) is 23.2. The van der Waals surface area contributed by atoms with E-state index >= 15 is 0 Å². The summed E-state index contributed by atoms with van der Waals surface area (Å²) in [7, 11) is 1.44. The Kier molecular flexibility index (Phi) is 6.95. The monoisotopic (exact) mass is 535 g/mol. The van der Waals surface area contributed by atoms with Crippen LogP contribution in [-0.4, -0.2) is 51.1 Å². The average Bonchev–Trinajstić information content (AvgIpc) is 3.59. The highest BCUT2D eigenvalue weighted by atomic mass is 35.5. The Morgan fingerprint density at radius 2 is 2.08 bits per heavy atom. The number of H-pyrrole nitrogens is 1. The number of carbonyl (C=O) groups is 1. The molecular formula is C29H31ClFN5O2. The number of carbonyl (C=O) groups excluding carboxylic acids is 1. The minimum Gasteiger partial charge on any atom is -0.468 e. The number of methoxy groups -OCH3 is 1. The Bertz CT molecular complexity index is 1440. The van der Waals surface area contributed by atoms with E-state index < -0.39 is 11.9 Å². The molecule has 0 bridgehead atoms. The minimum absolute atomic E-state index is 0.0566. The van der Waals surface area contributed by atoms with E-state index in [2.05, 4.69) is 36.9 Å². The molecule has 6 rings (SSSR count). The van der Waals surface area contributed by atoms with Gasteiger partial charge < -0.3 is 19.6 Å². The molecule has 4 heterocycles. The number of aromatic amines is 1. The smallest absolute Gasteiger partial charge is 0.323 e. The van der Waals surface area contributed by atoms with Crippen LogP contribution in [0.15, 0.2) is 61.2 Å². The number of nitrogens with one attached hydrogen (secondary N) is 2. The number of para-hydroxylation sites is 1. The molecule has 4 atom stereocenters. The third kappa shape index (κ3) is 4.61. The minimum atomic E-state index is -0.470. The van der Waals surface area contributed by atoms with Crippen molar-refractivity contribution in [3.8, 4) is 0 Å². The summed E-state index contributed by atoms with van der Waals surface area (Å²) in [5, 5.41) is 4.99. The van der Waals surface area contributed by atoms with E-state index in [1.807, 2.05) is 30.7 Å². The Morgan fingerprint density at radius 3 is 2.87 bits per heavy atom. The number of aryl methyl sites for hydroxylation is 1. The van der Waals surface area contributed by atoms with Crippen LogP contribution in [0, 0.1) is 5.82 Å². The maximum atomic E-state index is 14.7. The predicted molar refractivity (Wildman–Crippen MR) is 144 cm³/mol. The van der Waals surface area contributed by atoms with Gasteiger partial charge >= 0.3 is 5.97 Å². The van der Waals surface area contributed by atoms with Crippen LogP contribution in [0.1, 0.15) is 48.2 Å². The topological polar surface area (TPSA) is 75.2 Å². The second kappa shape index (κ2) is 10.5. The Labute approximate surface area is 225 Å². The number of halogens is 2. The predicted octanol–water partition coefficient (Wildman–Crippen LogP) is 5.18. The standard InChI is InChI=1S/C29H31ClFN5O2/c1-38-29(37)27-16-21-20-5-2-3-6-24(20)34-28(21)26-15-19(33-9-4-11-35-12-10-32-17-35)14-25(36(26)27)18-7-8-22(30)23(31)13-18/h2-3,5-8,10,12-13,17,19,25-27,33-34H,4,9,11,14-16H2,1H3/t19-,25+,26-,27+/m1/s1. The highest BCUT2D eigenvalue weighted by Gasteiger charge is 2.48. The van der Waals surface area contributed by atoms with Crippen molar-refractivity contribution in [1.82, 2.24) is 24.8 Å². The second-order valence-electron chi connectivity index (χ2n) is 10.2. The van der Waals surface area contributed by atoms with E-state index in [1.54, 1.807) is 12.3 Å². The van der Waals surface area contributed by atoms with Gasteiger partial charge in [0.15, 0.2) is 0 Å². The van der Waals surface area contributed by atoms with E-state index in [0.29, 0.717) is 6.42 Å². The molecule has 9 heteroatoms. The van der Waals surface area contributed by atoms with Gasteiger partial charge in [-0.15, -0.1) is 0 Å². The fraction of sp³-hybridized carbons (Fsp3) is 0.379. The highest BCUT2D eigenvalue weighted by Crippen LogP contribution is 2.49. The molecule has 0 saturated carbocycles. The van der Waals surface area contributed by atoms with E-state index in [-0.39, 0.29) is 29.1 Å². The van der Waals surface area contributed by atoms with Gasteiger partial charge in [0.25, 0.3) is 0 Å². The zero-order valence-electron chi connectivity index (χ0n) is 21.2. The molecule has 2 aliphatic heterocycles. The van der Waals surface area contributed by atoms with Crippen molar-refractivity contribution in [2.24, 2.45) is 0 Å². The van der Waals surface area contributed by atoms with Crippen LogP contribution in [0.4, 0.5) is 4.39 Å². The van der Waals surface area contributed by atoms with Gasteiger partial charge in [0.05, 0.1) is 24.5 Å². The summed E-state index contributed by atoms with van der Waals surface area (Å²) in [6.45, 7) is 1.73. The summed E-state index contributed by atoms with van der Waals surface area (Å²) in [5.74, 6) is -0.717. The van der Waals surface area contributed by atoms with Gasteiger partial charge in [0.2, 0.25) is 0 Å². The van der Waals surface area contributed by atoms with E-state index in [0.717, 1.165) is 54.5 Å². The SMILES string of the molecule is COC(=O)[C@@H]1Cc2c([nH]c3ccccc23)[C@H]2C[C@H](NCCCn3ccnc3)C[C@@H](c3ccc(Cl)c(F)c3)N21. The summed E-state index contributed by atoms with van der Waals surface area (Å²) in [6, 6.07) is 12.7. The van der Waals surface area contributed by atoms with E-state index in [4.69, 9.17) is 16.3 Å². The Morgan fingerprint density at radius 1 is 1.24 bits per heavy atom. The number of hydrogen-bond acceptors (Lipinski definition) is 5. The third-order valence-corrected chi connectivity index (χ3v) is 8.37. The number of nitrogens with zero attached hydrogens (tertiary/aromatic N) is 3. The lowest BCUT2D eigenvalue weighted by atomic mass is 9.79. The molecule has 38 heavy (non-hydrogen) atoms. The molecule has 2 aromatic carbocycles. The van der Waals surface area contributed by atoms with Gasteiger partial charge in [0, 0.05) is 54.0 Å². The lowest BCUT2D eigenvalue weighted by molar-refractivity contribution is -0.152. The van der Waals surface area contributed by atoms with Gasteiger partial charge in [-0.3, -0.25) is 9.69 Å². The number of rotatable bonds is 7. The van der Waals surface area contributed by atoms with Gasteiger partial charge in [0.1, 0.15) is 11.9 Å². The zero-order chi connectivity index (χ0) is 26.2. The van der Waals surface area contributed by atoms with Gasteiger partial charge in [-0.05, 0) is 55.1 Å². The number of aromatic nitrogens is 3. The van der Waals surface area contributed by atoms with Crippen molar-refractivity contribution in [3.63, 3.8) is 0 Å². The molecule has 0 radical (unpaired) electrons. The van der Waals surface area contributed by atoms with Crippen LogP contribution in [0.3, 0.4) is 0 Å². The number of piperidine rings is 1. The van der Waals surface area contributed by atoms with E-state index in [1.165, 1.54) is 18.7 Å². The molecule has 1 fully saturated rings. The van der Waals surface area contributed by atoms with Gasteiger partial charge in [-0.2, -0.15) is 0 Å². The second-order valence-corrected chi connectivity index (χ2v) is 10.6. The van der Waals surface area contributed by atoms with Crippen LogP contribution in [0.5, 0.6) is 0 Å². The van der Waals surface area contributed by atoms with Crippen molar-refractivity contribution < 1.29 is 13.9 Å². The lowest BCUT2D eigenvalue weighted by Crippen LogP contribution is -2.55. The first-order valence-corrected chi connectivity index (χ1v) is 13.5. The number of fused-ring (bicyclic) bond motifs is 5. The van der Waals surface area contributed by atoms with Crippen LogP contribution in [-0.2, 0) is 22.5 Å². The van der Waals surface area contributed by atoms with Crippen LogP contribution >= 0.6 is 11.6 Å². The molecule has 4 aromatic rings. The lowest BCUT2D eigenvalue weighted by Gasteiger charge is -2.50. The number of imidazole rings is 1. The van der Waals surface area contributed by atoms with E-state index in [9.17, 15) is 9.18 Å². The van der Waals surface area contributed by atoms with Crippen molar-refractivity contribution in [1.29, 1.82) is 0 Å². The molecular weight excluding hydrogens is 505 g/mol. The summed E-state index contributed by atoms with van der Waals surface area (Å²) < 4.78 is 22.0. The van der Waals surface area contributed by atoms with Crippen molar-refractivity contribution in [2.45, 2.75) is 56.4 Å². The summed E-state index contributed by atoms with van der Waals surface area (Å²) >= 11 is 6.04. The molecule has 0 amide bonds. The molecule has 0 spiro atoms. The van der Waals surface area contributed by atoms with Gasteiger partial charge in [-0.25, -0.2) is 9.37 Å². The first-order valence-electron chi connectivity index (χ1n) is 13.1. The average molecular weight is 536 g/mol. The number of ether oxygens (including phenoxy) is 1. The molecule has 198 valence electrons. The largest absolute Gasteiger partial charge is 0.468 e. The van der Waals surface area contributed by atoms with Crippen molar-refractivity contribution in [2.75, 3.05) is 13.7 Å². The van der Waals surface area contributed by atoms with Crippen LogP contribution in [0.25, 0.3) is 10.9 Å². The third-order valence-electron chi connectivity index (χ3n) is 8.06. The summed E-state index contributed by atoms with van der Waals surface area (Å²) in [5.41, 5.74) is 4.18. The molecule has 2 aliphatic rings. The molecule has 2 N–H and O–H groups in total. The van der Waals surface area contributed by atoms with Crippen LogP contribution in [0.2, 0.25) is 5.02 Å². The number of esters is 1. The zero-order valence-corrected chi connectivity index (χ0v) is 22.0. The van der Waals surface area contributed by atoms with Gasteiger partial charge in [-0.1, -0.05) is 35.9 Å².